The van der Waals surface area contributed by atoms with Gasteiger partial charge in [-0.3, -0.25) is 4.72 Å². The first-order valence-electron chi connectivity index (χ1n) is 7.93. The van der Waals surface area contributed by atoms with Crippen LogP contribution in [-0.2, 0) is 20.0 Å². The Morgan fingerprint density at radius 3 is 2.41 bits per heavy atom. The lowest BCUT2D eigenvalue weighted by Crippen LogP contribution is -2.26. The van der Waals surface area contributed by atoms with E-state index in [0.717, 1.165) is 16.9 Å². The molecule has 1 N–H and O–H groups in total. The minimum Gasteiger partial charge on any atom is -0.284 e. The number of nitrogens with one attached hydrogen (secondary N) is 1. The summed E-state index contributed by atoms with van der Waals surface area (Å²) in [4.78, 5) is 0. The zero-order chi connectivity index (χ0) is 19.8. The van der Waals surface area contributed by atoms with Crippen molar-refractivity contribution >= 4 is 31.4 Å². The standard InChI is InChI=1S/C17H18FN3O4S2/c1-26(22,23)20-15-8-4-5-12(10-15)16-11-17(21(19-16)27(2,24)25)13-6-3-7-14(18)9-13/h3-10,17,20H,11H2,1-2H3/t17-/m0/s1. The van der Waals surface area contributed by atoms with Crippen LogP contribution in [0.15, 0.2) is 53.6 Å². The molecule has 0 unspecified atom stereocenters. The predicted molar refractivity (Wildman–Crippen MR) is 102 cm³/mol. The third-order valence-electron chi connectivity index (χ3n) is 3.94. The number of sulfonamides is 2. The highest BCUT2D eigenvalue weighted by Gasteiger charge is 2.34. The molecule has 0 aliphatic carbocycles. The van der Waals surface area contributed by atoms with Gasteiger partial charge in [0.05, 0.1) is 24.3 Å². The SMILES string of the molecule is CS(=O)(=O)Nc1cccc(C2=NN(S(C)(=O)=O)[C@H](c3cccc(F)c3)C2)c1. The van der Waals surface area contributed by atoms with Gasteiger partial charge in [0.1, 0.15) is 5.82 Å². The normalized spacial score (nSPS) is 17.7. The van der Waals surface area contributed by atoms with Gasteiger partial charge in [-0.1, -0.05) is 24.3 Å². The molecule has 0 radical (unpaired) electrons. The fraction of sp³-hybridized carbons (Fsp3) is 0.235. The Kier molecular flexibility index (Phi) is 4.96. The van der Waals surface area contributed by atoms with E-state index < -0.39 is 31.9 Å². The van der Waals surface area contributed by atoms with Gasteiger partial charge in [-0.15, -0.1) is 0 Å². The van der Waals surface area contributed by atoms with Crippen LogP contribution >= 0.6 is 0 Å². The molecule has 2 aromatic rings. The van der Waals surface area contributed by atoms with E-state index in [4.69, 9.17) is 0 Å². The Labute approximate surface area is 157 Å². The van der Waals surface area contributed by atoms with Crippen LogP contribution in [0.4, 0.5) is 10.1 Å². The Balaban J connectivity index is 1.99. The summed E-state index contributed by atoms with van der Waals surface area (Å²) >= 11 is 0. The van der Waals surface area contributed by atoms with E-state index in [1.54, 1.807) is 30.3 Å². The first-order chi connectivity index (χ1) is 12.5. The zero-order valence-electron chi connectivity index (χ0n) is 14.6. The molecule has 0 amide bonds. The van der Waals surface area contributed by atoms with Crippen molar-refractivity contribution in [3.8, 4) is 0 Å². The molecule has 3 rings (SSSR count). The fourth-order valence-corrected chi connectivity index (χ4v) is 4.37. The van der Waals surface area contributed by atoms with E-state index in [1.807, 2.05) is 0 Å². The fourth-order valence-electron chi connectivity index (χ4n) is 2.91. The quantitative estimate of drug-likeness (QED) is 0.817. The van der Waals surface area contributed by atoms with E-state index >= 15 is 0 Å². The molecular weight excluding hydrogens is 393 g/mol. The smallest absolute Gasteiger partial charge is 0.247 e. The molecule has 0 aromatic heterocycles. The molecule has 27 heavy (non-hydrogen) atoms. The van der Waals surface area contributed by atoms with Crippen LogP contribution in [0.3, 0.4) is 0 Å². The van der Waals surface area contributed by atoms with Crippen molar-refractivity contribution in [1.82, 2.24) is 4.41 Å². The van der Waals surface area contributed by atoms with Gasteiger partial charge in [0.15, 0.2) is 0 Å². The third-order valence-corrected chi connectivity index (χ3v) is 5.57. The van der Waals surface area contributed by atoms with Gasteiger partial charge in [0.2, 0.25) is 20.0 Å². The summed E-state index contributed by atoms with van der Waals surface area (Å²) in [7, 11) is -7.13. The van der Waals surface area contributed by atoms with E-state index in [0.29, 0.717) is 22.5 Å². The van der Waals surface area contributed by atoms with Crippen LogP contribution in [0.2, 0.25) is 0 Å². The maximum Gasteiger partial charge on any atom is 0.247 e. The molecular formula is C17H18FN3O4S2. The van der Waals surface area contributed by atoms with E-state index in [2.05, 4.69) is 9.82 Å². The van der Waals surface area contributed by atoms with Crippen LogP contribution in [0.5, 0.6) is 0 Å². The molecule has 1 aliphatic rings. The number of benzene rings is 2. The van der Waals surface area contributed by atoms with Crippen molar-refractivity contribution in [2.24, 2.45) is 5.10 Å². The largest absolute Gasteiger partial charge is 0.284 e. The lowest BCUT2D eigenvalue weighted by molar-refractivity contribution is 0.373. The molecule has 0 spiro atoms. The number of rotatable bonds is 5. The van der Waals surface area contributed by atoms with Crippen molar-refractivity contribution in [2.75, 3.05) is 17.2 Å². The summed E-state index contributed by atoms with van der Waals surface area (Å²) in [6.45, 7) is 0. The van der Waals surface area contributed by atoms with Crippen molar-refractivity contribution in [3.63, 3.8) is 0 Å². The molecule has 0 fully saturated rings. The average molecular weight is 411 g/mol. The Morgan fingerprint density at radius 1 is 1.07 bits per heavy atom. The Hall–Kier alpha value is -2.46. The van der Waals surface area contributed by atoms with Crippen LogP contribution in [-0.4, -0.2) is 39.5 Å². The van der Waals surface area contributed by atoms with Crippen molar-refractivity contribution in [1.29, 1.82) is 0 Å². The Bertz CT molecular complexity index is 1110. The molecule has 0 saturated heterocycles. The van der Waals surface area contributed by atoms with Crippen LogP contribution < -0.4 is 4.72 Å². The minimum absolute atomic E-state index is 0.235. The maximum absolute atomic E-state index is 13.6. The lowest BCUT2D eigenvalue weighted by atomic mass is 9.99. The van der Waals surface area contributed by atoms with Gasteiger partial charge in [-0.25, -0.2) is 21.2 Å². The van der Waals surface area contributed by atoms with Crippen LogP contribution in [0.25, 0.3) is 0 Å². The van der Waals surface area contributed by atoms with E-state index in [1.165, 1.54) is 18.2 Å². The van der Waals surface area contributed by atoms with Crippen molar-refractivity contribution in [3.05, 3.63) is 65.5 Å². The number of anilines is 1. The van der Waals surface area contributed by atoms with E-state index in [-0.39, 0.29) is 6.42 Å². The lowest BCUT2D eigenvalue weighted by Gasteiger charge is -2.21. The number of hydrazone groups is 1. The molecule has 2 aromatic carbocycles. The minimum atomic E-state index is -3.68. The van der Waals surface area contributed by atoms with Gasteiger partial charge >= 0.3 is 0 Å². The summed E-state index contributed by atoms with van der Waals surface area (Å²) < 4.78 is 64.1. The monoisotopic (exact) mass is 411 g/mol. The number of hydrogen-bond acceptors (Lipinski definition) is 5. The first-order valence-corrected chi connectivity index (χ1v) is 11.7. The molecule has 1 atom stereocenters. The topological polar surface area (TPSA) is 95.9 Å². The third kappa shape index (κ3) is 4.64. The molecule has 0 bridgehead atoms. The highest BCUT2D eigenvalue weighted by Crippen LogP contribution is 2.35. The molecule has 7 nitrogen and oxygen atoms in total. The van der Waals surface area contributed by atoms with Gasteiger partial charge in [0.25, 0.3) is 0 Å². The molecule has 1 heterocycles. The maximum atomic E-state index is 13.6. The average Bonchev–Trinajstić information content (AvgIpc) is 2.99. The summed E-state index contributed by atoms with van der Waals surface area (Å²) in [5.41, 5.74) is 1.88. The van der Waals surface area contributed by atoms with Gasteiger partial charge in [-0.05, 0) is 35.4 Å². The second-order valence-corrected chi connectivity index (χ2v) is 9.90. The summed E-state index contributed by atoms with van der Waals surface area (Å²) in [5, 5.41) is 4.22. The van der Waals surface area contributed by atoms with Crippen LogP contribution in [0.1, 0.15) is 23.6 Å². The summed E-state index contributed by atoms with van der Waals surface area (Å²) in [5.74, 6) is -0.464. The van der Waals surface area contributed by atoms with Crippen LogP contribution in [0, 0.1) is 5.82 Å². The Morgan fingerprint density at radius 2 is 1.78 bits per heavy atom. The van der Waals surface area contributed by atoms with Crippen molar-refractivity contribution < 1.29 is 21.2 Å². The molecule has 10 heteroatoms. The highest BCUT2D eigenvalue weighted by molar-refractivity contribution is 7.92. The predicted octanol–water partition coefficient (Wildman–Crippen LogP) is 2.31. The summed E-state index contributed by atoms with van der Waals surface area (Å²) in [6, 6.07) is 11.6. The highest BCUT2D eigenvalue weighted by atomic mass is 32.2. The summed E-state index contributed by atoms with van der Waals surface area (Å²) in [6.07, 6.45) is 2.31. The molecule has 144 valence electrons. The zero-order valence-corrected chi connectivity index (χ0v) is 16.3. The number of hydrogen-bond donors (Lipinski definition) is 1. The molecule has 1 aliphatic heterocycles. The second-order valence-electron chi connectivity index (χ2n) is 6.31. The number of halogens is 1. The first kappa shape index (κ1) is 19.3. The molecule has 0 saturated carbocycles. The van der Waals surface area contributed by atoms with Gasteiger partial charge in [0, 0.05) is 12.1 Å². The van der Waals surface area contributed by atoms with Gasteiger partial charge in [-0.2, -0.15) is 9.52 Å². The second kappa shape index (κ2) is 6.93. The van der Waals surface area contributed by atoms with Crippen molar-refractivity contribution in [2.45, 2.75) is 12.5 Å². The van der Waals surface area contributed by atoms with E-state index in [9.17, 15) is 21.2 Å². The number of nitrogens with zero attached hydrogens (tertiary/aromatic N) is 2. The van der Waals surface area contributed by atoms with Gasteiger partial charge < -0.3 is 0 Å².